The molecule has 1 fully saturated rings. The average Bonchev–Trinajstić information content (AvgIpc) is 2.21. The van der Waals surface area contributed by atoms with Gasteiger partial charge in [-0.3, -0.25) is 4.79 Å². The van der Waals surface area contributed by atoms with E-state index in [1.54, 1.807) is 0 Å². The summed E-state index contributed by atoms with van der Waals surface area (Å²) in [6.07, 6.45) is 4.80. The Labute approximate surface area is 100 Å². The molecule has 1 amide bonds. The molecule has 3 nitrogen and oxygen atoms in total. The zero-order valence-corrected chi connectivity index (χ0v) is 9.71. The predicted octanol–water partition coefficient (Wildman–Crippen LogP) is 2.33. The molecule has 1 aliphatic carbocycles. The highest BCUT2D eigenvalue weighted by molar-refractivity contribution is 5.94. The second kappa shape index (κ2) is 5.17. The van der Waals surface area contributed by atoms with Crippen LogP contribution in [-0.2, 0) is 0 Å². The Morgan fingerprint density at radius 1 is 1.47 bits per heavy atom. The first-order chi connectivity index (χ1) is 8.16. The van der Waals surface area contributed by atoms with Gasteiger partial charge < -0.3 is 11.1 Å². The molecule has 0 saturated heterocycles. The number of hydrogen-bond acceptors (Lipinski definition) is 2. The van der Waals surface area contributed by atoms with E-state index >= 15 is 0 Å². The molecule has 17 heavy (non-hydrogen) atoms. The Bertz CT molecular complexity index is 416. The van der Waals surface area contributed by atoms with Crippen LogP contribution in [-0.4, -0.2) is 12.5 Å². The van der Waals surface area contributed by atoms with Crippen LogP contribution < -0.4 is 11.1 Å². The lowest BCUT2D eigenvalue weighted by Crippen LogP contribution is -2.28. The molecule has 1 aliphatic rings. The maximum absolute atomic E-state index is 13.4. The number of nitrogens with two attached hydrogens (primary N) is 1. The summed E-state index contributed by atoms with van der Waals surface area (Å²) in [5.74, 6) is -0.181. The van der Waals surface area contributed by atoms with E-state index in [9.17, 15) is 9.18 Å². The van der Waals surface area contributed by atoms with E-state index in [-0.39, 0.29) is 11.5 Å². The lowest BCUT2D eigenvalue weighted by molar-refractivity contribution is 0.0945. The molecular formula is C13H17FN2O. The number of amides is 1. The van der Waals surface area contributed by atoms with Gasteiger partial charge in [-0.15, -0.1) is 0 Å². The number of benzene rings is 1. The first-order valence-electron chi connectivity index (χ1n) is 6.00. The second-order valence-corrected chi connectivity index (χ2v) is 4.58. The number of anilines is 1. The zero-order chi connectivity index (χ0) is 12.3. The van der Waals surface area contributed by atoms with Crippen molar-refractivity contribution in [2.45, 2.75) is 25.7 Å². The molecule has 3 N–H and O–H groups in total. The van der Waals surface area contributed by atoms with Crippen LogP contribution in [0, 0.1) is 11.7 Å². The van der Waals surface area contributed by atoms with Crippen LogP contribution in [0.5, 0.6) is 0 Å². The Morgan fingerprint density at radius 2 is 2.24 bits per heavy atom. The molecule has 1 saturated carbocycles. The summed E-state index contributed by atoms with van der Waals surface area (Å²) in [5, 5.41) is 2.74. The topological polar surface area (TPSA) is 55.1 Å². The van der Waals surface area contributed by atoms with Crippen molar-refractivity contribution in [2.24, 2.45) is 5.92 Å². The van der Waals surface area contributed by atoms with Gasteiger partial charge in [0.2, 0.25) is 0 Å². The number of carbonyl (C=O) groups is 1. The van der Waals surface area contributed by atoms with Gasteiger partial charge in [-0.1, -0.05) is 19.3 Å². The van der Waals surface area contributed by atoms with E-state index in [2.05, 4.69) is 5.32 Å². The van der Waals surface area contributed by atoms with Gasteiger partial charge in [0.05, 0.1) is 5.56 Å². The van der Waals surface area contributed by atoms with Gasteiger partial charge in [-0.2, -0.15) is 0 Å². The smallest absolute Gasteiger partial charge is 0.254 e. The molecule has 0 bridgehead atoms. The summed E-state index contributed by atoms with van der Waals surface area (Å²) in [6, 6.07) is 4.12. The first-order valence-corrected chi connectivity index (χ1v) is 6.00. The number of carbonyl (C=O) groups excluding carboxylic acids is 1. The number of halogens is 1. The van der Waals surface area contributed by atoms with Crippen LogP contribution in [0.4, 0.5) is 10.1 Å². The summed E-state index contributed by atoms with van der Waals surface area (Å²) in [5.41, 5.74) is 5.81. The zero-order valence-electron chi connectivity index (χ0n) is 9.71. The highest BCUT2D eigenvalue weighted by atomic mass is 19.1. The van der Waals surface area contributed by atoms with Crippen molar-refractivity contribution in [2.75, 3.05) is 12.3 Å². The maximum Gasteiger partial charge on any atom is 0.254 e. The third-order valence-corrected chi connectivity index (χ3v) is 3.30. The van der Waals surface area contributed by atoms with E-state index in [4.69, 9.17) is 5.73 Å². The lowest BCUT2D eigenvalue weighted by Gasteiger charge is -2.25. The molecule has 4 heteroatoms. The van der Waals surface area contributed by atoms with Crippen molar-refractivity contribution in [1.29, 1.82) is 0 Å². The van der Waals surface area contributed by atoms with Crippen LogP contribution in [0.25, 0.3) is 0 Å². The molecule has 0 aromatic heterocycles. The molecule has 0 aliphatic heterocycles. The van der Waals surface area contributed by atoms with Crippen LogP contribution in [0.3, 0.4) is 0 Å². The molecule has 1 aromatic rings. The SMILES string of the molecule is Nc1ccc(C(=O)NCCC2CCC2)c(F)c1. The molecule has 0 spiro atoms. The molecule has 2 rings (SSSR count). The van der Waals surface area contributed by atoms with Gasteiger partial charge in [0.15, 0.2) is 0 Å². The summed E-state index contributed by atoms with van der Waals surface area (Å²) in [7, 11) is 0. The predicted molar refractivity (Wildman–Crippen MR) is 65.1 cm³/mol. The van der Waals surface area contributed by atoms with Gasteiger partial charge in [0.1, 0.15) is 5.82 Å². The van der Waals surface area contributed by atoms with Crippen molar-refractivity contribution >= 4 is 11.6 Å². The fourth-order valence-electron chi connectivity index (χ4n) is 1.98. The van der Waals surface area contributed by atoms with Gasteiger partial charge in [0, 0.05) is 12.2 Å². The fourth-order valence-corrected chi connectivity index (χ4v) is 1.98. The highest BCUT2D eigenvalue weighted by Crippen LogP contribution is 2.28. The van der Waals surface area contributed by atoms with Crippen molar-refractivity contribution in [3.05, 3.63) is 29.6 Å². The van der Waals surface area contributed by atoms with Crippen LogP contribution >= 0.6 is 0 Å². The average molecular weight is 236 g/mol. The van der Waals surface area contributed by atoms with Crippen molar-refractivity contribution in [3.63, 3.8) is 0 Å². The number of rotatable bonds is 4. The minimum absolute atomic E-state index is 0.0628. The minimum atomic E-state index is -0.564. The standard InChI is InChI=1S/C13H17FN2O/c14-12-8-10(15)4-5-11(12)13(17)16-7-6-9-2-1-3-9/h4-5,8-9H,1-3,6-7,15H2,(H,16,17). The molecule has 92 valence electrons. The Morgan fingerprint density at radius 3 is 2.82 bits per heavy atom. The molecule has 0 unspecified atom stereocenters. The fraction of sp³-hybridized carbons (Fsp3) is 0.462. The largest absolute Gasteiger partial charge is 0.399 e. The molecular weight excluding hydrogens is 219 g/mol. The van der Waals surface area contributed by atoms with Crippen molar-refractivity contribution in [1.82, 2.24) is 5.32 Å². The summed E-state index contributed by atoms with van der Waals surface area (Å²) < 4.78 is 13.4. The first kappa shape index (κ1) is 11.9. The van der Waals surface area contributed by atoms with Gasteiger partial charge >= 0.3 is 0 Å². The number of nitrogen functional groups attached to an aromatic ring is 1. The van der Waals surface area contributed by atoms with E-state index in [0.29, 0.717) is 12.2 Å². The third kappa shape index (κ3) is 2.96. The Balaban J connectivity index is 1.85. The summed E-state index contributed by atoms with van der Waals surface area (Å²) >= 11 is 0. The van der Waals surface area contributed by atoms with Crippen molar-refractivity contribution < 1.29 is 9.18 Å². The summed E-state index contributed by atoms with van der Waals surface area (Å²) in [4.78, 5) is 11.7. The van der Waals surface area contributed by atoms with Crippen molar-refractivity contribution in [3.8, 4) is 0 Å². The van der Waals surface area contributed by atoms with E-state index in [1.165, 1.54) is 37.5 Å². The lowest BCUT2D eigenvalue weighted by atomic mass is 9.83. The molecule has 0 atom stereocenters. The Hall–Kier alpha value is -1.58. The van der Waals surface area contributed by atoms with Gasteiger partial charge in [-0.05, 0) is 30.5 Å². The Kier molecular flexibility index (Phi) is 3.61. The van der Waals surface area contributed by atoms with E-state index < -0.39 is 5.82 Å². The highest BCUT2D eigenvalue weighted by Gasteiger charge is 2.17. The van der Waals surface area contributed by atoms with Crippen LogP contribution in [0.1, 0.15) is 36.0 Å². The third-order valence-electron chi connectivity index (χ3n) is 3.30. The normalized spacial score (nSPS) is 15.4. The molecule has 0 radical (unpaired) electrons. The number of hydrogen-bond donors (Lipinski definition) is 2. The quantitative estimate of drug-likeness (QED) is 0.788. The summed E-state index contributed by atoms with van der Waals surface area (Å²) in [6.45, 7) is 0.618. The monoisotopic (exact) mass is 236 g/mol. The molecule has 0 heterocycles. The molecule has 1 aromatic carbocycles. The van der Waals surface area contributed by atoms with Gasteiger partial charge in [-0.25, -0.2) is 4.39 Å². The van der Waals surface area contributed by atoms with Gasteiger partial charge in [0.25, 0.3) is 5.91 Å². The minimum Gasteiger partial charge on any atom is -0.399 e. The number of nitrogens with one attached hydrogen (secondary N) is 1. The van der Waals surface area contributed by atoms with E-state index in [1.807, 2.05) is 0 Å². The van der Waals surface area contributed by atoms with Crippen LogP contribution in [0.2, 0.25) is 0 Å². The van der Waals surface area contributed by atoms with Crippen LogP contribution in [0.15, 0.2) is 18.2 Å². The van der Waals surface area contributed by atoms with E-state index in [0.717, 1.165) is 12.3 Å². The maximum atomic E-state index is 13.4. The second-order valence-electron chi connectivity index (χ2n) is 4.58.